The molecule has 2 aromatic rings. The van der Waals surface area contributed by atoms with Crippen molar-refractivity contribution in [2.45, 2.75) is 19.3 Å². The van der Waals surface area contributed by atoms with Gasteiger partial charge < -0.3 is 15.5 Å². The van der Waals surface area contributed by atoms with Crippen molar-refractivity contribution in [3.8, 4) is 0 Å². The smallest absolute Gasteiger partial charge is 0.314 e. The summed E-state index contributed by atoms with van der Waals surface area (Å²) in [4.78, 5) is 26.1. The minimum Gasteiger partial charge on any atom is -0.372 e. The number of carbonyl (C=O) groups excluding carboxylic acids is 2. The molecule has 1 aliphatic rings. The fourth-order valence-corrected chi connectivity index (χ4v) is 2.87. The number of hydrogen-bond acceptors (Lipinski definition) is 3. The van der Waals surface area contributed by atoms with Crippen molar-refractivity contribution in [3.05, 3.63) is 54.1 Å². The number of carbonyl (C=O) groups is 2. The molecule has 2 N–H and O–H groups in total. The van der Waals surface area contributed by atoms with Crippen LogP contribution in [0.3, 0.4) is 0 Å². The lowest BCUT2D eigenvalue weighted by Gasteiger charge is -2.28. The van der Waals surface area contributed by atoms with Crippen molar-refractivity contribution in [2.24, 2.45) is 0 Å². The molecule has 0 radical (unpaired) electrons. The number of amides is 2. The second-order valence-electron chi connectivity index (χ2n) is 6.13. The van der Waals surface area contributed by atoms with Crippen molar-refractivity contribution in [3.63, 3.8) is 0 Å². The molecule has 1 aliphatic heterocycles. The number of nitrogens with one attached hydrogen (secondary N) is 2. The predicted molar refractivity (Wildman–Crippen MR) is 96.1 cm³/mol. The first kappa shape index (κ1) is 17.8. The van der Waals surface area contributed by atoms with Crippen molar-refractivity contribution >= 4 is 28.9 Å². The van der Waals surface area contributed by atoms with Gasteiger partial charge in [-0.1, -0.05) is 0 Å². The van der Waals surface area contributed by atoms with Gasteiger partial charge in [0.05, 0.1) is 5.69 Å². The number of hydrogen-bond donors (Lipinski definition) is 2. The highest BCUT2D eigenvalue weighted by Crippen LogP contribution is 2.22. The molecule has 1 fully saturated rings. The van der Waals surface area contributed by atoms with Crippen molar-refractivity contribution in [2.75, 3.05) is 28.6 Å². The lowest BCUT2D eigenvalue weighted by molar-refractivity contribution is -0.133. The molecular weight excluding hydrogens is 340 g/mol. The van der Waals surface area contributed by atoms with Crippen LogP contribution in [0.5, 0.6) is 0 Å². The molecule has 2 amide bonds. The molecule has 0 atom stereocenters. The van der Waals surface area contributed by atoms with E-state index in [1.807, 2.05) is 12.1 Å². The SMILES string of the molecule is O=C(Nc1ccc(N2CCCCC2)cc1)C(=O)Nc1cc(F)ccc1F. The van der Waals surface area contributed by atoms with Gasteiger partial charge in [-0.05, 0) is 55.7 Å². The predicted octanol–water partition coefficient (Wildman–Crippen LogP) is 3.53. The number of benzene rings is 2. The maximum Gasteiger partial charge on any atom is 0.314 e. The topological polar surface area (TPSA) is 61.4 Å². The summed E-state index contributed by atoms with van der Waals surface area (Å²) in [5.74, 6) is -3.57. The molecule has 136 valence electrons. The van der Waals surface area contributed by atoms with Gasteiger partial charge in [-0.15, -0.1) is 0 Å². The number of piperidine rings is 1. The molecule has 26 heavy (non-hydrogen) atoms. The minimum absolute atomic E-state index is 0.384. The maximum atomic E-state index is 13.5. The van der Waals surface area contributed by atoms with Crippen LogP contribution >= 0.6 is 0 Å². The van der Waals surface area contributed by atoms with Crippen molar-refractivity contribution in [1.29, 1.82) is 0 Å². The molecule has 0 saturated carbocycles. The molecule has 7 heteroatoms. The normalized spacial score (nSPS) is 14.0. The molecular formula is C19H19F2N3O2. The Hall–Kier alpha value is -2.96. The third-order valence-corrected chi connectivity index (χ3v) is 4.23. The molecule has 0 aromatic heterocycles. The van der Waals surface area contributed by atoms with E-state index >= 15 is 0 Å². The molecule has 0 bridgehead atoms. The van der Waals surface area contributed by atoms with Crippen LogP contribution in [0.15, 0.2) is 42.5 Å². The van der Waals surface area contributed by atoms with Gasteiger partial charge in [0.1, 0.15) is 11.6 Å². The van der Waals surface area contributed by atoms with Crippen LogP contribution in [0.1, 0.15) is 19.3 Å². The van der Waals surface area contributed by atoms with Gasteiger partial charge in [0.25, 0.3) is 0 Å². The van der Waals surface area contributed by atoms with Gasteiger partial charge in [-0.2, -0.15) is 0 Å². The zero-order chi connectivity index (χ0) is 18.5. The highest BCUT2D eigenvalue weighted by molar-refractivity contribution is 6.43. The van der Waals surface area contributed by atoms with Gasteiger partial charge >= 0.3 is 11.8 Å². The summed E-state index contributed by atoms with van der Waals surface area (Å²) in [6.07, 6.45) is 3.57. The first-order chi connectivity index (χ1) is 12.5. The van der Waals surface area contributed by atoms with E-state index in [1.165, 1.54) is 6.42 Å². The Morgan fingerprint density at radius 1 is 0.846 bits per heavy atom. The third kappa shape index (κ3) is 4.36. The number of anilines is 3. The molecule has 5 nitrogen and oxygen atoms in total. The first-order valence-corrected chi connectivity index (χ1v) is 8.45. The van der Waals surface area contributed by atoms with E-state index in [-0.39, 0.29) is 5.69 Å². The number of rotatable bonds is 3. The molecule has 0 unspecified atom stereocenters. The highest BCUT2D eigenvalue weighted by atomic mass is 19.1. The Kier molecular flexibility index (Phi) is 5.46. The Morgan fingerprint density at radius 2 is 1.50 bits per heavy atom. The fourth-order valence-electron chi connectivity index (χ4n) is 2.87. The Labute approximate surface area is 150 Å². The average molecular weight is 359 g/mol. The van der Waals surface area contributed by atoms with Crippen molar-refractivity contribution in [1.82, 2.24) is 0 Å². The van der Waals surface area contributed by atoms with E-state index in [1.54, 1.807) is 12.1 Å². The van der Waals surface area contributed by atoms with E-state index in [2.05, 4.69) is 15.5 Å². The van der Waals surface area contributed by atoms with Gasteiger partial charge in [-0.25, -0.2) is 8.78 Å². The average Bonchev–Trinajstić information content (AvgIpc) is 2.66. The fraction of sp³-hybridized carbons (Fsp3) is 0.263. The summed E-state index contributed by atoms with van der Waals surface area (Å²) in [7, 11) is 0. The molecule has 2 aromatic carbocycles. The van der Waals surface area contributed by atoms with Crippen molar-refractivity contribution < 1.29 is 18.4 Å². The number of halogens is 2. The second-order valence-corrected chi connectivity index (χ2v) is 6.13. The van der Waals surface area contributed by atoms with Gasteiger partial charge in [0.2, 0.25) is 0 Å². The quantitative estimate of drug-likeness (QED) is 0.824. The highest BCUT2D eigenvalue weighted by Gasteiger charge is 2.17. The van der Waals surface area contributed by atoms with Crippen LogP contribution in [0, 0.1) is 11.6 Å². The van der Waals surface area contributed by atoms with E-state index in [9.17, 15) is 18.4 Å². The van der Waals surface area contributed by atoms with Gasteiger partial charge in [0, 0.05) is 30.5 Å². The Balaban J connectivity index is 1.60. The zero-order valence-electron chi connectivity index (χ0n) is 14.1. The molecule has 1 heterocycles. The summed E-state index contributed by atoms with van der Waals surface area (Å²) in [5, 5.41) is 4.50. The summed E-state index contributed by atoms with van der Waals surface area (Å²) in [6.45, 7) is 2.01. The summed E-state index contributed by atoms with van der Waals surface area (Å²) < 4.78 is 26.6. The maximum absolute atomic E-state index is 13.5. The monoisotopic (exact) mass is 359 g/mol. The summed E-state index contributed by atoms with van der Waals surface area (Å²) >= 11 is 0. The first-order valence-electron chi connectivity index (χ1n) is 8.45. The zero-order valence-corrected chi connectivity index (χ0v) is 14.1. The standard InChI is InChI=1S/C19H19F2N3O2/c20-13-4-9-16(21)17(12-13)23-19(26)18(25)22-14-5-7-15(8-6-14)24-10-2-1-3-11-24/h4-9,12H,1-3,10-11H2,(H,22,25)(H,23,26). The van der Waals surface area contributed by atoms with Crippen LogP contribution in [0.25, 0.3) is 0 Å². The summed E-state index contributed by atoms with van der Waals surface area (Å²) in [5.41, 5.74) is 1.13. The van der Waals surface area contributed by atoms with Crippen LogP contribution in [0.2, 0.25) is 0 Å². The Morgan fingerprint density at radius 3 is 2.19 bits per heavy atom. The van der Waals surface area contributed by atoms with Crippen LogP contribution in [-0.4, -0.2) is 24.9 Å². The van der Waals surface area contributed by atoms with Crippen LogP contribution in [-0.2, 0) is 9.59 Å². The van der Waals surface area contributed by atoms with Crippen LogP contribution in [0.4, 0.5) is 25.8 Å². The third-order valence-electron chi connectivity index (χ3n) is 4.23. The van der Waals surface area contributed by atoms with E-state index in [0.717, 1.165) is 49.8 Å². The minimum atomic E-state index is -1.07. The molecule has 1 saturated heterocycles. The lowest BCUT2D eigenvalue weighted by atomic mass is 10.1. The second kappa shape index (κ2) is 7.95. The molecule has 3 rings (SSSR count). The van der Waals surface area contributed by atoms with E-state index in [0.29, 0.717) is 5.69 Å². The largest absolute Gasteiger partial charge is 0.372 e. The molecule has 0 spiro atoms. The summed E-state index contributed by atoms with van der Waals surface area (Å²) in [6, 6.07) is 9.79. The van der Waals surface area contributed by atoms with E-state index < -0.39 is 23.4 Å². The molecule has 0 aliphatic carbocycles. The van der Waals surface area contributed by atoms with Crippen LogP contribution < -0.4 is 15.5 Å². The van der Waals surface area contributed by atoms with Gasteiger partial charge in [0.15, 0.2) is 0 Å². The van der Waals surface area contributed by atoms with E-state index in [4.69, 9.17) is 0 Å². The Bertz CT molecular complexity index is 803. The number of nitrogens with zero attached hydrogens (tertiary/aromatic N) is 1. The van der Waals surface area contributed by atoms with Gasteiger partial charge in [-0.3, -0.25) is 9.59 Å². The lowest BCUT2D eigenvalue weighted by Crippen LogP contribution is -2.30.